The maximum atomic E-state index is 3.22. The zero-order valence-corrected chi connectivity index (χ0v) is 11.9. The number of benzene rings is 1. The second-order valence-corrected chi connectivity index (χ2v) is 5.55. The van der Waals surface area contributed by atoms with Crippen LogP contribution in [0.5, 0.6) is 0 Å². The summed E-state index contributed by atoms with van der Waals surface area (Å²) in [5.41, 5.74) is 3.84. The number of aromatic amines is 1. The minimum atomic E-state index is 0.426. The molecule has 0 aliphatic carbocycles. The molecule has 0 spiro atoms. The Bertz CT molecular complexity index is 642. The number of aryl methyl sites for hydroxylation is 1. The third-order valence-electron chi connectivity index (χ3n) is 3.29. The van der Waals surface area contributed by atoms with E-state index in [0.29, 0.717) is 6.17 Å². The number of fused-ring (bicyclic) bond motifs is 2. The van der Waals surface area contributed by atoms with Gasteiger partial charge in [0.2, 0.25) is 0 Å². The van der Waals surface area contributed by atoms with Crippen LogP contribution >= 0.6 is 11.9 Å². The number of hydrogen-bond donors (Lipinski definition) is 2. The second-order valence-electron chi connectivity index (χ2n) is 4.67. The summed E-state index contributed by atoms with van der Waals surface area (Å²) in [4.78, 5) is 3.19. The molecule has 1 unspecified atom stereocenters. The third kappa shape index (κ3) is 2.36. The lowest BCUT2D eigenvalue weighted by Crippen LogP contribution is -2.26. The van der Waals surface area contributed by atoms with Gasteiger partial charge in [-0.15, -0.1) is 0 Å². The minimum Gasteiger partial charge on any atom is -0.366 e. The van der Waals surface area contributed by atoms with Crippen molar-refractivity contribution >= 4 is 22.9 Å². The first-order chi connectivity index (χ1) is 9.25. The van der Waals surface area contributed by atoms with Crippen LogP contribution in [0.2, 0.25) is 0 Å². The SMILES string of the molecule is CC1=CNC2C=CSN12.Cc1c[nH]c2ccccc12. The smallest absolute Gasteiger partial charge is 0.129 e. The summed E-state index contributed by atoms with van der Waals surface area (Å²) in [6, 6.07) is 8.31. The molecule has 0 radical (unpaired) electrons. The molecule has 4 heteroatoms. The lowest BCUT2D eigenvalue weighted by molar-refractivity contribution is 0.507. The second kappa shape index (κ2) is 5.05. The molecule has 19 heavy (non-hydrogen) atoms. The molecular weight excluding hydrogens is 254 g/mol. The van der Waals surface area contributed by atoms with E-state index in [1.54, 1.807) is 11.9 Å². The van der Waals surface area contributed by atoms with E-state index in [-0.39, 0.29) is 0 Å². The van der Waals surface area contributed by atoms with Crippen molar-refractivity contribution in [1.29, 1.82) is 0 Å². The van der Waals surface area contributed by atoms with Crippen LogP contribution in [0.1, 0.15) is 12.5 Å². The Morgan fingerprint density at radius 2 is 2.05 bits per heavy atom. The van der Waals surface area contributed by atoms with Crippen LogP contribution < -0.4 is 5.32 Å². The van der Waals surface area contributed by atoms with Gasteiger partial charge in [-0.05, 0) is 48.9 Å². The quantitative estimate of drug-likeness (QED) is 0.716. The molecule has 2 N–H and O–H groups in total. The van der Waals surface area contributed by atoms with E-state index in [4.69, 9.17) is 0 Å². The van der Waals surface area contributed by atoms with Gasteiger partial charge in [-0.2, -0.15) is 0 Å². The van der Waals surface area contributed by atoms with Crippen molar-refractivity contribution in [2.75, 3.05) is 0 Å². The summed E-state index contributed by atoms with van der Waals surface area (Å²) in [6.07, 6.45) is 6.65. The van der Waals surface area contributed by atoms with Crippen molar-refractivity contribution in [2.24, 2.45) is 0 Å². The molecule has 1 aromatic heterocycles. The Morgan fingerprint density at radius 3 is 2.84 bits per heavy atom. The first kappa shape index (κ1) is 12.2. The summed E-state index contributed by atoms with van der Waals surface area (Å²) in [6.45, 7) is 4.21. The summed E-state index contributed by atoms with van der Waals surface area (Å²) < 4.78 is 2.24. The van der Waals surface area contributed by atoms with E-state index in [2.05, 4.69) is 58.1 Å². The Hall–Kier alpha value is -1.81. The molecule has 4 rings (SSSR count). The Balaban J connectivity index is 0.000000117. The van der Waals surface area contributed by atoms with Crippen molar-refractivity contribution in [2.45, 2.75) is 20.0 Å². The zero-order chi connectivity index (χ0) is 13.2. The molecule has 1 aromatic carbocycles. The number of aromatic nitrogens is 1. The number of hydrogen-bond acceptors (Lipinski definition) is 3. The van der Waals surface area contributed by atoms with Gasteiger partial charge in [-0.3, -0.25) is 4.31 Å². The molecule has 0 amide bonds. The highest BCUT2D eigenvalue weighted by Gasteiger charge is 2.23. The zero-order valence-electron chi connectivity index (χ0n) is 11.1. The molecule has 2 aliphatic heterocycles. The number of para-hydroxylation sites is 1. The lowest BCUT2D eigenvalue weighted by atomic mass is 10.2. The van der Waals surface area contributed by atoms with E-state index in [1.165, 1.54) is 22.2 Å². The molecule has 2 aromatic rings. The van der Waals surface area contributed by atoms with Gasteiger partial charge >= 0.3 is 0 Å². The number of H-pyrrole nitrogens is 1. The van der Waals surface area contributed by atoms with Gasteiger partial charge in [0.1, 0.15) is 6.17 Å². The maximum absolute atomic E-state index is 3.22. The molecule has 3 heterocycles. The van der Waals surface area contributed by atoms with Gasteiger partial charge in [-0.25, -0.2) is 0 Å². The lowest BCUT2D eigenvalue weighted by Gasteiger charge is -2.16. The predicted molar refractivity (Wildman–Crippen MR) is 82.3 cm³/mol. The average molecular weight is 271 g/mol. The van der Waals surface area contributed by atoms with Crippen molar-refractivity contribution in [1.82, 2.24) is 14.6 Å². The topological polar surface area (TPSA) is 31.1 Å². The van der Waals surface area contributed by atoms with E-state index < -0.39 is 0 Å². The first-order valence-corrected chi connectivity index (χ1v) is 7.17. The Labute approximate surface area is 117 Å². The van der Waals surface area contributed by atoms with Crippen molar-refractivity contribution in [3.63, 3.8) is 0 Å². The van der Waals surface area contributed by atoms with E-state index in [9.17, 15) is 0 Å². The van der Waals surface area contributed by atoms with Gasteiger partial charge in [0.05, 0.1) is 0 Å². The number of nitrogens with one attached hydrogen (secondary N) is 2. The van der Waals surface area contributed by atoms with Crippen molar-refractivity contribution in [3.05, 3.63) is 59.4 Å². The highest BCUT2D eigenvalue weighted by molar-refractivity contribution is 8.00. The van der Waals surface area contributed by atoms with Crippen LogP contribution in [-0.2, 0) is 0 Å². The fourth-order valence-corrected chi connectivity index (χ4v) is 3.06. The van der Waals surface area contributed by atoms with Crippen LogP contribution in [0, 0.1) is 6.92 Å². The van der Waals surface area contributed by atoms with Crippen molar-refractivity contribution < 1.29 is 0 Å². The summed E-state index contributed by atoms with van der Waals surface area (Å²) >= 11 is 1.74. The van der Waals surface area contributed by atoms with E-state index in [1.807, 2.05) is 18.5 Å². The molecule has 98 valence electrons. The molecule has 1 atom stereocenters. The monoisotopic (exact) mass is 271 g/mol. The third-order valence-corrected chi connectivity index (χ3v) is 4.32. The molecular formula is C15H17N3S. The molecule has 0 saturated carbocycles. The average Bonchev–Trinajstić information content (AvgIpc) is 3.11. The largest absolute Gasteiger partial charge is 0.366 e. The number of rotatable bonds is 0. The highest BCUT2D eigenvalue weighted by atomic mass is 32.2. The summed E-state index contributed by atoms with van der Waals surface area (Å²) in [7, 11) is 0. The van der Waals surface area contributed by atoms with E-state index in [0.717, 1.165) is 0 Å². The Morgan fingerprint density at radius 1 is 1.21 bits per heavy atom. The molecule has 0 fully saturated rings. The Kier molecular flexibility index (Phi) is 3.25. The van der Waals surface area contributed by atoms with Crippen LogP contribution in [0.4, 0.5) is 0 Å². The minimum absolute atomic E-state index is 0.426. The summed E-state index contributed by atoms with van der Waals surface area (Å²) in [5, 5.41) is 6.65. The predicted octanol–water partition coefficient (Wildman–Crippen LogP) is 3.73. The molecule has 2 aliphatic rings. The molecule has 3 nitrogen and oxygen atoms in total. The number of allylic oxidation sites excluding steroid dienone is 1. The molecule has 0 bridgehead atoms. The molecule has 0 saturated heterocycles. The van der Waals surface area contributed by atoms with Gasteiger partial charge < -0.3 is 10.3 Å². The standard InChI is InChI=1S/C9H9N.C6H8N2S/c1-7-6-10-9-5-3-2-4-8(7)9;1-5-4-7-6-2-3-9-8(5)6/h2-6,10H,1H3;2-4,6-7H,1H3. The highest BCUT2D eigenvalue weighted by Crippen LogP contribution is 2.30. The van der Waals surface area contributed by atoms with Crippen LogP contribution in [0.15, 0.2) is 53.8 Å². The van der Waals surface area contributed by atoms with Gasteiger partial charge in [0.25, 0.3) is 0 Å². The normalized spacial score (nSPS) is 19.8. The number of nitrogens with zero attached hydrogens (tertiary/aromatic N) is 1. The van der Waals surface area contributed by atoms with Gasteiger partial charge in [-0.1, -0.05) is 18.2 Å². The van der Waals surface area contributed by atoms with E-state index >= 15 is 0 Å². The van der Waals surface area contributed by atoms with Gasteiger partial charge in [0.15, 0.2) is 0 Å². The first-order valence-electron chi connectivity index (χ1n) is 6.34. The van der Waals surface area contributed by atoms with Crippen LogP contribution in [0.3, 0.4) is 0 Å². The maximum Gasteiger partial charge on any atom is 0.129 e. The van der Waals surface area contributed by atoms with Crippen LogP contribution in [-0.4, -0.2) is 15.5 Å². The van der Waals surface area contributed by atoms with Crippen molar-refractivity contribution in [3.8, 4) is 0 Å². The van der Waals surface area contributed by atoms with Gasteiger partial charge in [0, 0.05) is 29.0 Å². The summed E-state index contributed by atoms with van der Waals surface area (Å²) in [5.74, 6) is 0. The fraction of sp³-hybridized carbons (Fsp3) is 0.200. The fourth-order valence-electron chi connectivity index (χ4n) is 2.23. The van der Waals surface area contributed by atoms with Crippen LogP contribution in [0.25, 0.3) is 10.9 Å².